The summed E-state index contributed by atoms with van der Waals surface area (Å²) in [5.74, 6) is 0.895. The van der Waals surface area contributed by atoms with Gasteiger partial charge in [-0.25, -0.2) is 0 Å². The number of Topliss-reactive ketones (excluding diaryl/α,β-unsaturated/α-hetero) is 1. The van der Waals surface area contributed by atoms with E-state index in [0.717, 1.165) is 23.3 Å². The fourth-order valence-corrected chi connectivity index (χ4v) is 1.99. The summed E-state index contributed by atoms with van der Waals surface area (Å²) in [6, 6.07) is 5.74. The molecule has 1 aromatic carbocycles. The van der Waals surface area contributed by atoms with Gasteiger partial charge >= 0.3 is 0 Å². The summed E-state index contributed by atoms with van der Waals surface area (Å²) < 4.78 is 10.7. The van der Waals surface area contributed by atoms with E-state index in [9.17, 15) is 4.79 Å². The quantitative estimate of drug-likeness (QED) is 0.741. The molecule has 2 rings (SSSR count). The highest BCUT2D eigenvalue weighted by molar-refractivity contribution is 5.82. The third-order valence-corrected chi connectivity index (χ3v) is 2.68. The van der Waals surface area contributed by atoms with Gasteiger partial charge in [0, 0.05) is 5.56 Å². The van der Waals surface area contributed by atoms with Crippen molar-refractivity contribution >= 4 is 5.78 Å². The zero-order valence-corrected chi connectivity index (χ0v) is 8.95. The largest absolute Gasteiger partial charge is 0.496 e. The maximum atomic E-state index is 11.4. The zero-order chi connectivity index (χ0) is 10.8. The first-order valence-electron chi connectivity index (χ1n) is 5.02. The summed E-state index contributed by atoms with van der Waals surface area (Å²) in [5.41, 5.74) is 2.06. The van der Waals surface area contributed by atoms with Crippen molar-refractivity contribution in [2.75, 3.05) is 13.7 Å². The normalized spacial score (nSPS) is 19.5. The number of ether oxygens (including phenoxy) is 2. The van der Waals surface area contributed by atoms with Gasteiger partial charge in [-0.3, -0.25) is 4.79 Å². The molecule has 0 saturated heterocycles. The minimum absolute atomic E-state index is 0.0456. The number of rotatable bonds is 2. The molecule has 1 aliphatic rings. The molecule has 0 spiro atoms. The topological polar surface area (TPSA) is 35.5 Å². The smallest absolute Gasteiger partial charge is 0.163 e. The fourth-order valence-electron chi connectivity index (χ4n) is 1.99. The van der Waals surface area contributed by atoms with Crippen LogP contribution in [0.4, 0.5) is 0 Å². The molecule has 1 aliphatic heterocycles. The van der Waals surface area contributed by atoms with Crippen LogP contribution in [-0.4, -0.2) is 19.5 Å². The van der Waals surface area contributed by atoms with Crippen molar-refractivity contribution in [2.45, 2.75) is 19.4 Å². The Morgan fingerprint density at radius 1 is 1.53 bits per heavy atom. The molecule has 0 radical (unpaired) electrons. The highest BCUT2D eigenvalue weighted by Crippen LogP contribution is 2.33. The average molecular weight is 206 g/mol. The highest BCUT2D eigenvalue weighted by Gasteiger charge is 2.26. The van der Waals surface area contributed by atoms with Crippen LogP contribution in [0.3, 0.4) is 0 Å². The first kappa shape index (κ1) is 10.2. The van der Waals surface area contributed by atoms with Gasteiger partial charge in [-0.05, 0) is 25.0 Å². The fraction of sp³-hybridized carbons (Fsp3) is 0.417. The molecule has 0 saturated carbocycles. The van der Waals surface area contributed by atoms with Crippen molar-refractivity contribution in [3.63, 3.8) is 0 Å². The molecule has 1 unspecified atom stereocenters. The molecule has 0 bridgehead atoms. The molecular weight excluding hydrogens is 192 g/mol. The molecule has 1 heterocycles. The summed E-state index contributed by atoms with van der Waals surface area (Å²) >= 11 is 0. The summed E-state index contributed by atoms with van der Waals surface area (Å²) in [6.45, 7) is 2.14. The number of hydrogen-bond donors (Lipinski definition) is 0. The van der Waals surface area contributed by atoms with Crippen molar-refractivity contribution in [1.29, 1.82) is 0 Å². The lowest BCUT2D eigenvalue weighted by Crippen LogP contribution is -2.22. The van der Waals surface area contributed by atoms with Gasteiger partial charge in [0.05, 0.1) is 13.7 Å². The minimum atomic E-state index is -0.413. The molecule has 0 aliphatic carbocycles. The molecule has 1 atom stereocenters. The second kappa shape index (κ2) is 4.03. The average Bonchev–Trinajstić information content (AvgIpc) is 2.27. The summed E-state index contributed by atoms with van der Waals surface area (Å²) in [6.07, 6.45) is 0.396. The van der Waals surface area contributed by atoms with Crippen LogP contribution in [0.25, 0.3) is 0 Å². The number of hydrogen-bond acceptors (Lipinski definition) is 3. The van der Waals surface area contributed by atoms with Gasteiger partial charge in [-0.2, -0.15) is 0 Å². The Kier molecular flexibility index (Phi) is 2.73. The summed E-state index contributed by atoms with van der Waals surface area (Å²) in [5, 5.41) is 0. The monoisotopic (exact) mass is 206 g/mol. The standard InChI is InChI=1S/C12H14O3/c1-8(13)12-10-4-3-5-11(14-2)9(10)6-7-15-12/h3-5,12H,6-7H2,1-2H3. The van der Waals surface area contributed by atoms with Crippen LogP contribution >= 0.6 is 0 Å². The Bertz CT molecular complexity index is 384. The van der Waals surface area contributed by atoms with Gasteiger partial charge < -0.3 is 9.47 Å². The van der Waals surface area contributed by atoms with Gasteiger partial charge in [-0.15, -0.1) is 0 Å². The summed E-state index contributed by atoms with van der Waals surface area (Å²) in [7, 11) is 1.65. The van der Waals surface area contributed by atoms with E-state index in [1.807, 2.05) is 18.2 Å². The van der Waals surface area contributed by atoms with Crippen molar-refractivity contribution in [3.05, 3.63) is 29.3 Å². The van der Waals surface area contributed by atoms with Crippen molar-refractivity contribution in [3.8, 4) is 5.75 Å². The number of benzene rings is 1. The van der Waals surface area contributed by atoms with Crippen LogP contribution < -0.4 is 4.74 Å². The number of methoxy groups -OCH3 is 1. The van der Waals surface area contributed by atoms with E-state index in [2.05, 4.69) is 0 Å². The van der Waals surface area contributed by atoms with Crippen LogP contribution in [0.1, 0.15) is 24.2 Å². The molecule has 15 heavy (non-hydrogen) atoms. The Morgan fingerprint density at radius 2 is 2.33 bits per heavy atom. The summed E-state index contributed by atoms with van der Waals surface area (Å²) in [4.78, 5) is 11.4. The Hall–Kier alpha value is -1.35. The predicted octanol–water partition coefficient (Wildman–Crippen LogP) is 1.90. The number of carbonyl (C=O) groups is 1. The first-order chi connectivity index (χ1) is 7.24. The molecule has 0 amide bonds. The lowest BCUT2D eigenvalue weighted by atomic mass is 9.95. The zero-order valence-electron chi connectivity index (χ0n) is 8.95. The highest BCUT2D eigenvalue weighted by atomic mass is 16.5. The van der Waals surface area contributed by atoms with Crippen LogP contribution in [0.15, 0.2) is 18.2 Å². The van der Waals surface area contributed by atoms with Crippen LogP contribution in [0.2, 0.25) is 0 Å². The molecule has 3 nitrogen and oxygen atoms in total. The maximum absolute atomic E-state index is 11.4. The molecule has 0 fully saturated rings. The third kappa shape index (κ3) is 1.75. The van der Waals surface area contributed by atoms with E-state index in [0.29, 0.717) is 6.61 Å². The van der Waals surface area contributed by atoms with Crippen LogP contribution in [0, 0.1) is 0 Å². The van der Waals surface area contributed by atoms with E-state index in [-0.39, 0.29) is 5.78 Å². The van der Waals surface area contributed by atoms with E-state index in [1.54, 1.807) is 14.0 Å². The molecule has 0 aromatic heterocycles. The van der Waals surface area contributed by atoms with Crippen LogP contribution in [-0.2, 0) is 16.0 Å². The van der Waals surface area contributed by atoms with Crippen molar-refractivity contribution < 1.29 is 14.3 Å². The second-order valence-corrected chi connectivity index (χ2v) is 3.64. The molecule has 0 N–H and O–H groups in total. The molecule has 3 heteroatoms. The lowest BCUT2D eigenvalue weighted by Gasteiger charge is -2.25. The van der Waals surface area contributed by atoms with Crippen LogP contribution in [0.5, 0.6) is 5.75 Å². The lowest BCUT2D eigenvalue weighted by molar-refractivity contribution is -0.129. The van der Waals surface area contributed by atoms with E-state index in [1.165, 1.54) is 0 Å². The van der Waals surface area contributed by atoms with Crippen molar-refractivity contribution in [2.24, 2.45) is 0 Å². The Morgan fingerprint density at radius 3 is 3.00 bits per heavy atom. The predicted molar refractivity (Wildman–Crippen MR) is 56.1 cm³/mol. The Balaban J connectivity index is 2.48. The second-order valence-electron chi connectivity index (χ2n) is 3.64. The SMILES string of the molecule is COc1cccc2c1CCOC2C(C)=O. The van der Waals surface area contributed by atoms with E-state index < -0.39 is 6.10 Å². The third-order valence-electron chi connectivity index (χ3n) is 2.68. The molecular formula is C12H14O3. The molecule has 1 aromatic rings. The minimum Gasteiger partial charge on any atom is -0.496 e. The Labute approximate surface area is 89.0 Å². The first-order valence-corrected chi connectivity index (χ1v) is 5.02. The maximum Gasteiger partial charge on any atom is 0.163 e. The van der Waals surface area contributed by atoms with Gasteiger partial charge in [-0.1, -0.05) is 12.1 Å². The number of fused-ring (bicyclic) bond motifs is 1. The molecule has 80 valence electrons. The van der Waals surface area contributed by atoms with Gasteiger partial charge in [0.1, 0.15) is 11.9 Å². The van der Waals surface area contributed by atoms with Gasteiger partial charge in [0.15, 0.2) is 5.78 Å². The number of carbonyl (C=O) groups excluding carboxylic acids is 1. The van der Waals surface area contributed by atoms with Gasteiger partial charge in [0.2, 0.25) is 0 Å². The van der Waals surface area contributed by atoms with Crippen molar-refractivity contribution in [1.82, 2.24) is 0 Å². The number of ketones is 1. The van der Waals surface area contributed by atoms with Gasteiger partial charge in [0.25, 0.3) is 0 Å². The van der Waals surface area contributed by atoms with E-state index >= 15 is 0 Å². The van der Waals surface area contributed by atoms with E-state index in [4.69, 9.17) is 9.47 Å².